The fraction of sp³-hybridized carbons (Fsp3) is 1.00. The van der Waals surface area contributed by atoms with Gasteiger partial charge in [-0.25, -0.2) is 0 Å². The van der Waals surface area contributed by atoms with Gasteiger partial charge in [-0.2, -0.15) is 0 Å². The van der Waals surface area contributed by atoms with Crippen LogP contribution in [0.25, 0.3) is 0 Å². The number of rotatable bonds is 10. The van der Waals surface area contributed by atoms with Gasteiger partial charge in [-0.15, -0.1) is 0 Å². The number of unbranched alkanes of at least 4 members (excludes halogenated alkanes) is 4. The first-order chi connectivity index (χ1) is 6.85. The monoisotopic (exact) mass is 200 g/mol. The second kappa shape index (κ2) is 11.0. The van der Waals surface area contributed by atoms with Crippen LogP contribution in [-0.4, -0.2) is 19.1 Å². The van der Waals surface area contributed by atoms with Gasteiger partial charge < -0.3 is 11.1 Å². The van der Waals surface area contributed by atoms with Crippen molar-refractivity contribution in [1.82, 2.24) is 5.32 Å². The van der Waals surface area contributed by atoms with Gasteiger partial charge in [0.15, 0.2) is 0 Å². The molecule has 86 valence electrons. The van der Waals surface area contributed by atoms with Crippen LogP contribution < -0.4 is 11.1 Å². The van der Waals surface area contributed by atoms with E-state index in [-0.39, 0.29) is 0 Å². The van der Waals surface area contributed by atoms with Crippen LogP contribution in [0.4, 0.5) is 0 Å². The number of hydrogen-bond acceptors (Lipinski definition) is 2. The Morgan fingerprint density at radius 2 is 1.79 bits per heavy atom. The molecule has 1 unspecified atom stereocenters. The topological polar surface area (TPSA) is 38.0 Å². The molecule has 14 heavy (non-hydrogen) atoms. The van der Waals surface area contributed by atoms with Gasteiger partial charge in [-0.3, -0.25) is 0 Å². The Kier molecular flexibility index (Phi) is 10.9. The summed E-state index contributed by atoms with van der Waals surface area (Å²) in [5, 5.41) is 3.48. The highest BCUT2D eigenvalue weighted by atomic mass is 14.9. The molecule has 0 aliphatic heterocycles. The van der Waals surface area contributed by atoms with Crippen LogP contribution in [0.2, 0.25) is 0 Å². The zero-order valence-corrected chi connectivity index (χ0v) is 10.0. The summed E-state index contributed by atoms with van der Waals surface area (Å²) in [6.07, 6.45) is 9.46. The molecule has 1 atom stereocenters. The summed E-state index contributed by atoms with van der Waals surface area (Å²) in [6.45, 7) is 6.23. The van der Waals surface area contributed by atoms with Crippen molar-refractivity contribution < 1.29 is 0 Å². The van der Waals surface area contributed by atoms with E-state index in [2.05, 4.69) is 19.2 Å². The molecule has 0 bridgehead atoms. The third-order valence-electron chi connectivity index (χ3n) is 2.73. The summed E-state index contributed by atoms with van der Waals surface area (Å²) in [7, 11) is 0. The zero-order valence-electron chi connectivity index (χ0n) is 10.0. The fourth-order valence-corrected chi connectivity index (χ4v) is 1.73. The van der Waals surface area contributed by atoms with E-state index in [1.165, 1.54) is 44.9 Å². The normalized spacial score (nSPS) is 13.1. The molecule has 0 radical (unpaired) electrons. The number of hydrogen-bond donors (Lipinski definition) is 2. The highest BCUT2D eigenvalue weighted by Gasteiger charge is 2.03. The molecule has 3 N–H and O–H groups in total. The van der Waals surface area contributed by atoms with Gasteiger partial charge in [0.2, 0.25) is 0 Å². The van der Waals surface area contributed by atoms with Crippen molar-refractivity contribution in [2.45, 2.75) is 64.8 Å². The second-order valence-electron chi connectivity index (χ2n) is 4.05. The van der Waals surface area contributed by atoms with E-state index in [1.54, 1.807) is 0 Å². The van der Waals surface area contributed by atoms with Gasteiger partial charge in [-0.1, -0.05) is 46.0 Å². The van der Waals surface area contributed by atoms with Gasteiger partial charge in [0.05, 0.1) is 0 Å². The lowest BCUT2D eigenvalue weighted by atomic mass is 10.0. The average molecular weight is 200 g/mol. The fourth-order valence-electron chi connectivity index (χ4n) is 1.73. The van der Waals surface area contributed by atoms with Gasteiger partial charge in [-0.05, 0) is 12.8 Å². The minimum absolute atomic E-state index is 0.695. The molecule has 0 aliphatic carbocycles. The average Bonchev–Trinajstić information content (AvgIpc) is 2.22. The molecular weight excluding hydrogens is 172 g/mol. The van der Waals surface area contributed by atoms with E-state index in [0.29, 0.717) is 6.04 Å². The Hall–Kier alpha value is -0.0800. The first-order valence-corrected chi connectivity index (χ1v) is 6.28. The first-order valence-electron chi connectivity index (χ1n) is 6.28. The van der Waals surface area contributed by atoms with Gasteiger partial charge in [0.1, 0.15) is 0 Å². The molecule has 0 saturated carbocycles. The molecule has 0 heterocycles. The zero-order chi connectivity index (χ0) is 10.6. The SMILES string of the molecule is CCCCCCCC(CC)NCCN. The maximum atomic E-state index is 5.46. The molecule has 0 saturated heterocycles. The summed E-state index contributed by atoms with van der Waals surface area (Å²) in [5.74, 6) is 0. The third kappa shape index (κ3) is 8.52. The standard InChI is InChI=1S/C12H28N2/c1-3-5-6-7-8-9-12(4-2)14-11-10-13/h12,14H,3-11,13H2,1-2H3. The molecule has 2 nitrogen and oxygen atoms in total. The van der Waals surface area contributed by atoms with Crippen molar-refractivity contribution in [2.75, 3.05) is 13.1 Å². The largest absolute Gasteiger partial charge is 0.329 e. The highest BCUT2D eigenvalue weighted by Crippen LogP contribution is 2.08. The maximum absolute atomic E-state index is 5.46. The van der Waals surface area contributed by atoms with Crippen LogP contribution in [0, 0.1) is 0 Å². The summed E-state index contributed by atoms with van der Waals surface area (Å²) >= 11 is 0. The lowest BCUT2D eigenvalue weighted by Crippen LogP contribution is -2.32. The van der Waals surface area contributed by atoms with Crippen molar-refractivity contribution in [3.63, 3.8) is 0 Å². The molecule has 2 heteroatoms. The smallest absolute Gasteiger partial charge is 0.00770 e. The molecule has 0 fully saturated rings. The molecule has 0 aliphatic rings. The lowest BCUT2D eigenvalue weighted by molar-refractivity contribution is 0.448. The van der Waals surface area contributed by atoms with E-state index in [0.717, 1.165) is 13.1 Å². The molecular formula is C12H28N2. The van der Waals surface area contributed by atoms with Crippen LogP contribution in [0.1, 0.15) is 58.8 Å². The van der Waals surface area contributed by atoms with Crippen molar-refractivity contribution in [2.24, 2.45) is 5.73 Å². The van der Waals surface area contributed by atoms with E-state index in [4.69, 9.17) is 5.73 Å². The Bertz CT molecular complexity index is 104. The highest BCUT2D eigenvalue weighted by molar-refractivity contribution is 4.64. The van der Waals surface area contributed by atoms with Gasteiger partial charge in [0, 0.05) is 19.1 Å². The Morgan fingerprint density at radius 1 is 1.07 bits per heavy atom. The molecule has 0 rings (SSSR count). The number of nitrogens with one attached hydrogen (secondary N) is 1. The van der Waals surface area contributed by atoms with Crippen LogP contribution in [0.5, 0.6) is 0 Å². The van der Waals surface area contributed by atoms with E-state index in [1.807, 2.05) is 0 Å². The van der Waals surface area contributed by atoms with Crippen LogP contribution >= 0.6 is 0 Å². The summed E-state index contributed by atoms with van der Waals surface area (Å²) in [4.78, 5) is 0. The molecule has 0 aromatic rings. The Labute approximate surface area is 89.6 Å². The van der Waals surface area contributed by atoms with E-state index in [9.17, 15) is 0 Å². The number of nitrogens with two attached hydrogens (primary N) is 1. The predicted molar refractivity (Wildman–Crippen MR) is 64.5 cm³/mol. The predicted octanol–water partition coefficient (Wildman–Crippen LogP) is 2.67. The van der Waals surface area contributed by atoms with Crippen LogP contribution in [-0.2, 0) is 0 Å². The molecule has 0 aromatic carbocycles. The lowest BCUT2D eigenvalue weighted by Gasteiger charge is -2.15. The van der Waals surface area contributed by atoms with Crippen molar-refractivity contribution in [3.05, 3.63) is 0 Å². The van der Waals surface area contributed by atoms with Crippen LogP contribution in [0.15, 0.2) is 0 Å². The summed E-state index contributed by atoms with van der Waals surface area (Å²) < 4.78 is 0. The van der Waals surface area contributed by atoms with Crippen molar-refractivity contribution >= 4 is 0 Å². The van der Waals surface area contributed by atoms with E-state index < -0.39 is 0 Å². The van der Waals surface area contributed by atoms with Crippen LogP contribution in [0.3, 0.4) is 0 Å². The van der Waals surface area contributed by atoms with Gasteiger partial charge in [0.25, 0.3) is 0 Å². The van der Waals surface area contributed by atoms with E-state index >= 15 is 0 Å². The third-order valence-corrected chi connectivity index (χ3v) is 2.73. The minimum Gasteiger partial charge on any atom is -0.329 e. The first kappa shape index (κ1) is 13.9. The minimum atomic E-state index is 0.695. The summed E-state index contributed by atoms with van der Waals surface area (Å²) in [5.41, 5.74) is 5.46. The van der Waals surface area contributed by atoms with Gasteiger partial charge >= 0.3 is 0 Å². The molecule has 0 spiro atoms. The Balaban J connectivity index is 3.24. The summed E-state index contributed by atoms with van der Waals surface area (Å²) in [6, 6.07) is 0.695. The molecule has 0 amide bonds. The maximum Gasteiger partial charge on any atom is 0.00770 e. The van der Waals surface area contributed by atoms with Crippen molar-refractivity contribution in [3.8, 4) is 0 Å². The second-order valence-corrected chi connectivity index (χ2v) is 4.05. The quantitative estimate of drug-likeness (QED) is 0.532. The Morgan fingerprint density at radius 3 is 2.36 bits per heavy atom. The molecule has 0 aromatic heterocycles. The van der Waals surface area contributed by atoms with Crippen molar-refractivity contribution in [1.29, 1.82) is 0 Å².